The van der Waals surface area contributed by atoms with Crippen LogP contribution in [0.4, 0.5) is 10.5 Å². The van der Waals surface area contributed by atoms with Gasteiger partial charge in [0.25, 0.3) is 0 Å². The number of benzene rings is 1. The summed E-state index contributed by atoms with van der Waals surface area (Å²) >= 11 is 0. The van der Waals surface area contributed by atoms with Crippen molar-refractivity contribution in [1.29, 1.82) is 0 Å². The molecule has 7 nitrogen and oxygen atoms in total. The first kappa shape index (κ1) is 15.1. The van der Waals surface area contributed by atoms with Gasteiger partial charge in [0, 0.05) is 31.9 Å². The van der Waals surface area contributed by atoms with E-state index in [2.05, 4.69) is 10.5 Å². The molecule has 0 unspecified atom stereocenters. The lowest BCUT2D eigenvalue weighted by Crippen LogP contribution is -2.51. The zero-order valence-corrected chi connectivity index (χ0v) is 12.1. The third-order valence-electron chi connectivity index (χ3n) is 3.44. The normalized spacial score (nSPS) is 16.8. The largest absolute Gasteiger partial charge is 0.409 e. The SMILES string of the molecule is Cc1cccc(NC(=O)N2CCN(CC(N)=NO)CC2)c1. The second kappa shape index (κ2) is 6.94. The summed E-state index contributed by atoms with van der Waals surface area (Å²) in [4.78, 5) is 16.0. The molecule has 7 heteroatoms. The zero-order valence-electron chi connectivity index (χ0n) is 12.1. The number of nitrogens with two attached hydrogens (primary N) is 1. The molecule has 0 saturated carbocycles. The van der Waals surface area contributed by atoms with Gasteiger partial charge in [-0.05, 0) is 24.6 Å². The molecule has 1 aliphatic rings. The highest BCUT2D eigenvalue weighted by molar-refractivity contribution is 5.89. The van der Waals surface area contributed by atoms with E-state index in [0.717, 1.165) is 11.3 Å². The lowest BCUT2D eigenvalue weighted by atomic mass is 10.2. The maximum Gasteiger partial charge on any atom is 0.321 e. The maximum absolute atomic E-state index is 12.2. The van der Waals surface area contributed by atoms with Crippen LogP contribution in [0, 0.1) is 6.92 Å². The maximum atomic E-state index is 12.2. The van der Waals surface area contributed by atoms with E-state index in [1.54, 1.807) is 4.90 Å². The third-order valence-corrected chi connectivity index (χ3v) is 3.44. The van der Waals surface area contributed by atoms with Crippen molar-refractivity contribution in [1.82, 2.24) is 9.80 Å². The predicted molar refractivity (Wildman–Crippen MR) is 81.6 cm³/mol. The molecule has 2 amide bonds. The number of anilines is 1. The molecule has 1 saturated heterocycles. The number of nitrogens with one attached hydrogen (secondary N) is 1. The number of amidine groups is 1. The molecule has 0 spiro atoms. The van der Waals surface area contributed by atoms with E-state index in [0.29, 0.717) is 32.7 Å². The summed E-state index contributed by atoms with van der Waals surface area (Å²) in [5.41, 5.74) is 7.39. The monoisotopic (exact) mass is 291 g/mol. The van der Waals surface area contributed by atoms with Gasteiger partial charge in [0.15, 0.2) is 5.84 Å². The van der Waals surface area contributed by atoms with E-state index in [1.807, 2.05) is 36.1 Å². The summed E-state index contributed by atoms with van der Waals surface area (Å²) in [7, 11) is 0. The van der Waals surface area contributed by atoms with Gasteiger partial charge < -0.3 is 21.2 Å². The molecule has 1 fully saturated rings. The van der Waals surface area contributed by atoms with Crippen LogP contribution in [0.15, 0.2) is 29.4 Å². The Morgan fingerprint density at radius 3 is 2.71 bits per heavy atom. The Bertz CT molecular complexity index is 524. The number of amides is 2. The molecule has 0 aliphatic carbocycles. The predicted octanol–water partition coefficient (Wildman–Crippen LogP) is 0.891. The van der Waals surface area contributed by atoms with E-state index in [9.17, 15) is 4.79 Å². The number of carbonyl (C=O) groups is 1. The second-order valence-corrected chi connectivity index (χ2v) is 5.15. The summed E-state index contributed by atoms with van der Waals surface area (Å²) < 4.78 is 0. The summed E-state index contributed by atoms with van der Waals surface area (Å²) in [6.45, 7) is 5.06. The van der Waals surface area contributed by atoms with Crippen molar-refractivity contribution in [3.8, 4) is 0 Å². The van der Waals surface area contributed by atoms with Crippen molar-refractivity contribution in [2.75, 3.05) is 38.0 Å². The molecule has 1 aliphatic heterocycles. The molecule has 114 valence electrons. The van der Waals surface area contributed by atoms with Crippen LogP contribution < -0.4 is 11.1 Å². The van der Waals surface area contributed by atoms with Crippen LogP contribution in [0.3, 0.4) is 0 Å². The Hall–Kier alpha value is -2.28. The van der Waals surface area contributed by atoms with Gasteiger partial charge in [0.2, 0.25) is 0 Å². The molecule has 1 aromatic carbocycles. The van der Waals surface area contributed by atoms with Crippen molar-refractivity contribution in [3.05, 3.63) is 29.8 Å². The molecule has 0 radical (unpaired) electrons. The van der Waals surface area contributed by atoms with Gasteiger partial charge in [-0.3, -0.25) is 4.90 Å². The summed E-state index contributed by atoms with van der Waals surface area (Å²) in [5, 5.41) is 14.4. The van der Waals surface area contributed by atoms with Crippen molar-refractivity contribution < 1.29 is 10.0 Å². The number of piperazine rings is 1. The molecular weight excluding hydrogens is 270 g/mol. The van der Waals surface area contributed by atoms with E-state index in [-0.39, 0.29) is 11.9 Å². The minimum absolute atomic E-state index is 0.0935. The highest BCUT2D eigenvalue weighted by Crippen LogP contribution is 2.11. The first-order valence-corrected chi connectivity index (χ1v) is 6.90. The van der Waals surface area contributed by atoms with Crippen LogP contribution in [0.25, 0.3) is 0 Å². The number of oxime groups is 1. The van der Waals surface area contributed by atoms with Crippen molar-refractivity contribution in [3.63, 3.8) is 0 Å². The number of rotatable bonds is 3. The van der Waals surface area contributed by atoms with E-state index in [1.165, 1.54) is 0 Å². The molecule has 1 aromatic rings. The Kier molecular flexibility index (Phi) is 4.99. The number of urea groups is 1. The smallest absolute Gasteiger partial charge is 0.321 e. The van der Waals surface area contributed by atoms with Crippen LogP contribution in [-0.4, -0.2) is 59.6 Å². The first-order valence-electron chi connectivity index (χ1n) is 6.90. The summed E-state index contributed by atoms with van der Waals surface area (Å²) in [6, 6.07) is 7.62. The van der Waals surface area contributed by atoms with E-state index < -0.39 is 0 Å². The van der Waals surface area contributed by atoms with Gasteiger partial charge in [0.1, 0.15) is 0 Å². The topological polar surface area (TPSA) is 94.2 Å². The average Bonchev–Trinajstić information content (AvgIpc) is 2.47. The zero-order chi connectivity index (χ0) is 15.2. The Morgan fingerprint density at radius 2 is 2.10 bits per heavy atom. The van der Waals surface area contributed by atoms with Crippen molar-refractivity contribution >= 4 is 17.6 Å². The minimum atomic E-state index is -0.0935. The first-order chi connectivity index (χ1) is 10.1. The quantitative estimate of drug-likeness (QED) is 0.334. The van der Waals surface area contributed by atoms with Crippen molar-refractivity contribution in [2.24, 2.45) is 10.9 Å². The van der Waals surface area contributed by atoms with E-state index in [4.69, 9.17) is 10.9 Å². The van der Waals surface area contributed by atoms with Crippen molar-refractivity contribution in [2.45, 2.75) is 6.92 Å². The Balaban J connectivity index is 1.83. The molecule has 0 aromatic heterocycles. The molecule has 0 atom stereocenters. The number of aryl methyl sites for hydroxylation is 1. The van der Waals surface area contributed by atoms with Gasteiger partial charge in [-0.15, -0.1) is 0 Å². The highest BCUT2D eigenvalue weighted by atomic mass is 16.4. The number of nitrogens with zero attached hydrogens (tertiary/aromatic N) is 3. The van der Waals surface area contributed by atoms with Gasteiger partial charge in [0.05, 0.1) is 6.54 Å². The molecule has 4 N–H and O–H groups in total. The average molecular weight is 291 g/mol. The summed E-state index contributed by atoms with van der Waals surface area (Å²) in [5.74, 6) is 0.188. The number of hydrogen-bond donors (Lipinski definition) is 3. The molecule has 21 heavy (non-hydrogen) atoms. The standard InChI is InChI=1S/C14H21N5O2/c1-11-3-2-4-12(9-11)16-14(20)19-7-5-18(6-8-19)10-13(15)17-21/h2-4,9,21H,5-8,10H2,1H3,(H2,15,17)(H,16,20). The van der Waals surface area contributed by atoms with E-state index >= 15 is 0 Å². The molecule has 2 rings (SSSR count). The second-order valence-electron chi connectivity index (χ2n) is 5.15. The number of carbonyl (C=O) groups excluding carboxylic acids is 1. The van der Waals surface area contributed by atoms with Gasteiger partial charge >= 0.3 is 6.03 Å². The van der Waals surface area contributed by atoms with Crippen LogP contribution in [0.1, 0.15) is 5.56 Å². The lowest BCUT2D eigenvalue weighted by molar-refractivity contribution is 0.157. The Morgan fingerprint density at radius 1 is 1.38 bits per heavy atom. The highest BCUT2D eigenvalue weighted by Gasteiger charge is 2.21. The van der Waals surface area contributed by atoms with Crippen LogP contribution >= 0.6 is 0 Å². The van der Waals surface area contributed by atoms with Crippen LogP contribution in [-0.2, 0) is 0 Å². The van der Waals surface area contributed by atoms with Gasteiger partial charge in [-0.1, -0.05) is 17.3 Å². The van der Waals surface area contributed by atoms with Crippen LogP contribution in [0.2, 0.25) is 0 Å². The van der Waals surface area contributed by atoms with Crippen LogP contribution in [0.5, 0.6) is 0 Å². The summed E-state index contributed by atoms with van der Waals surface area (Å²) in [6.07, 6.45) is 0. The molecule has 1 heterocycles. The Labute approximate surface area is 124 Å². The lowest BCUT2D eigenvalue weighted by Gasteiger charge is -2.34. The molecular formula is C14H21N5O2. The molecule has 0 bridgehead atoms. The van der Waals surface area contributed by atoms with Gasteiger partial charge in [-0.2, -0.15) is 0 Å². The third kappa shape index (κ3) is 4.35. The fraction of sp³-hybridized carbons (Fsp3) is 0.429. The fourth-order valence-corrected chi connectivity index (χ4v) is 2.30. The fourth-order valence-electron chi connectivity index (χ4n) is 2.30. The van der Waals surface area contributed by atoms with Gasteiger partial charge in [-0.25, -0.2) is 4.79 Å². The minimum Gasteiger partial charge on any atom is -0.409 e. The number of hydrogen-bond acceptors (Lipinski definition) is 4.